The molecule has 0 radical (unpaired) electrons. The van der Waals surface area contributed by atoms with Crippen LogP contribution < -0.4 is 20.5 Å². The number of aromatic carboxylic acids is 1. The molecule has 5 bridgehead atoms. The smallest absolute Gasteiger partial charge is 0.410 e. The Bertz CT molecular complexity index is 3430. The van der Waals surface area contributed by atoms with Gasteiger partial charge in [0.05, 0.1) is 65.2 Å². The summed E-state index contributed by atoms with van der Waals surface area (Å²) in [4.78, 5) is 115. The van der Waals surface area contributed by atoms with Gasteiger partial charge in [-0.25, -0.2) is 14.0 Å². The number of carbonyl (C=O) groups is 7. The average molecular weight is 1150 g/mol. The Kier molecular flexibility index (Phi) is 16.6. The highest BCUT2D eigenvalue weighted by molar-refractivity contribution is 6.32. The van der Waals surface area contributed by atoms with Gasteiger partial charge < -0.3 is 64.1 Å². The van der Waals surface area contributed by atoms with Gasteiger partial charge in [-0.15, -0.1) is 0 Å². The van der Waals surface area contributed by atoms with Crippen molar-refractivity contribution in [2.45, 2.75) is 124 Å². The molecule has 22 nitrogen and oxygen atoms in total. The molecular formula is C60H70FN5O17. The number of piperazine rings is 1. The summed E-state index contributed by atoms with van der Waals surface area (Å²) in [5, 5.41) is 47.3. The molecular weight excluding hydrogens is 1080 g/mol. The predicted octanol–water partition coefficient (Wildman–Crippen LogP) is 5.63. The van der Waals surface area contributed by atoms with Crippen LogP contribution in [-0.2, 0) is 28.5 Å². The van der Waals surface area contributed by atoms with E-state index in [4.69, 9.17) is 23.7 Å². The number of esters is 1. The van der Waals surface area contributed by atoms with Gasteiger partial charge in [0, 0.05) is 94.9 Å². The molecule has 2 aliphatic carbocycles. The number of anilines is 1. The first-order valence-corrected chi connectivity index (χ1v) is 27.8. The highest BCUT2D eigenvalue weighted by atomic mass is 19.1. The van der Waals surface area contributed by atoms with Crippen molar-refractivity contribution in [3.8, 4) is 11.5 Å². The molecule has 7 aliphatic rings. The number of carboxylic acid groups (broad SMARTS) is 1. The number of halogens is 1. The summed E-state index contributed by atoms with van der Waals surface area (Å²) < 4.78 is 46.8. The number of hydrogen-bond acceptors (Lipinski definition) is 18. The van der Waals surface area contributed by atoms with Crippen LogP contribution in [0.4, 0.5) is 14.9 Å². The van der Waals surface area contributed by atoms with Crippen molar-refractivity contribution in [1.29, 1.82) is 0 Å². The summed E-state index contributed by atoms with van der Waals surface area (Å²) >= 11 is 0. The second-order valence-corrected chi connectivity index (χ2v) is 22.8. The van der Waals surface area contributed by atoms with Crippen LogP contribution in [0.25, 0.3) is 5.52 Å². The van der Waals surface area contributed by atoms with Gasteiger partial charge in [-0.2, -0.15) is 0 Å². The van der Waals surface area contributed by atoms with Crippen LogP contribution in [0.1, 0.15) is 132 Å². The minimum absolute atomic E-state index is 0.0192. The molecule has 5 aliphatic heterocycles. The third-order valence-electron chi connectivity index (χ3n) is 17.2. The maximum Gasteiger partial charge on any atom is 0.410 e. The number of aromatic hydroxyl groups is 1. The van der Waals surface area contributed by atoms with Gasteiger partial charge in [-0.05, 0) is 62.8 Å². The SMILES string of the molecule is CO[C@H]1C=CO[C@@]2(C)Oc3c(C)c(O)c4c(c3C2=O)C(=O)C(N2CCN(C(=O)O[C@H]3CCN(c5c(F)cn6c(=O)c(C(=O)O)cc(C7CC7)c6c5C)C3)CC2)=C(NC(=O)C(C)=CC=C[C@H](C)[C@H](O)[C@@H](C)[C@@H](O)[C@@H](C)[C@H](OC(C)=O)[C@@H]1C)C4=O. The summed E-state index contributed by atoms with van der Waals surface area (Å²) in [6.45, 7) is 13.8. The number of aromatic nitrogens is 1. The lowest BCUT2D eigenvalue weighted by Crippen LogP contribution is -2.51. The zero-order chi connectivity index (χ0) is 60.4. The van der Waals surface area contributed by atoms with E-state index in [1.165, 1.54) is 68.9 Å². The number of aliphatic hydroxyl groups is 2. The van der Waals surface area contributed by atoms with Crippen molar-refractivity contribution in [2.75, 3.05) is 51.3 Å². The second kappa shape index (κ2) is 23.0. The molecule has 444 valence electrons. The number of aryl methyl sites for hydroxylation is 1. The number of pyridine rings is 2. The van der Waals surface area contributed by atoms with Crippen molar-refractivity contribution in [3.05, 3.63) is 115 Å². The molecule has 0 unspecified atom stereocenters. The van der Waals surface area contributed by atoms with E-state index in [0.29, 0.717) is 23.1 Å². The molecule has 7 heterocycles. The van der Waals surface area contributed by atoms with Crippen LogP contribution in [0.2, 0.25) is 0 Å². The third kappa shape index (κ3) is 10.9. The number of allylic oxidation sites excluding steroid dienone is 4. The molecule has 23 heteroatoms. The highest BCUT2D eigenvalue weighted by Crippen LogP contribution is 2.49. The zero-order valence-corrected chi connectivity index (χ0v) is 47.9. The standard InChI is InChI=1S/C60H70FN5O17/c1-27-12-11-13-28(2)56(74)62-44-47(63-19-21-64(22-20-63)59(78)82-36-16-18-65(25-36)46-30(4)45-37(35-14-15-35)24-38(58(76)77)57(75)66(45)26-39(46)61)52(72)41-42(51(44)71)50(70)33(7)54-43(41)55(73)60(9,83-54)80-23-17-40(79-10)29(3)53(81-34(8)67)32(6)49(69)31(5)48(27)68/h11-13,17,23-24,26-27,29,31-32,35-36,40,48-49,53,68-70H,14-16,18-22,25H2,1-10H3,(H,62,74)(H,76,77)/t27-,29+,31+,32+,36-,40-,48-,49+,53+,60-/m0/s1. The molecule has 10 atom stereocenters. The van der Waals surface area contributed by atoms with Gasteiger partial charge in [-0.3, -0.25) is 33.2 Å². The van der Waals surface area contributed by atoms with Crippen LogP contribution >= 0.6 is 0 Å². The maximum absolute atomic E-state index is 16.1. The summed E-state index contributed by atoms with van der Waals surface area (Å²) in [6.07, 6.45) is 4.44. The van der Waals surface area contributed by atoms with Crippen LogP contribution in [0.3, 0.4) is 0 Å². The van der Waals surface area contributed by atoms with E-state index >= 15 is 9.18 Å². The normalized spacial score (nSPS) is 28.1. The fraction of sp³-hybridized carbons (Fsp3) is 0.500. The van der Waals surface area contributed by atoms with E-state index in [0.717, 1.165) is 29.7 Å². The number of carbonyl (C=O) groups excluding carboxylic acids is 6. The quantitative estimate of drug-likeness (QED) is 0.179. The largest absolute Gasteiger partial charge is 0.507 e. The number of rotatable bonds is 7. The number of ketones is 3. The second-order valence-electron chi connectivity index (χ2n) is 22.8. The summed E-state index contributed by atoms with van der Waals surface area (Å²) in [5.74, 6) is -12.3. The molecule has 3 aromatic rings. The first-order chi connectivity index (χ1) is 39.2. The number of benzene rings is 1. The zero-order valence-electron chi connectivity index (χ0n) is 47.9. The maximum atomic E-state index is 16.1. The van der Waals surface area contributed by atoms with Gasteiger partial charge in [0.15, 0.2) is 5.82 Å². The number of fused-ring (bicyclic) bond motifs is 15. The number of nitrogens with one attached hydrogen (secondary N) is 1. The number of aliphatic hydroxyl groups excluding tert-OH is 2. The summed E-state index contributed by atoms with van der Waals surface area (Å²) in [5.41, 5.74) is -1.87. The van der Waals surface area contributed by atoms with Crippen LogP contribution in [0.15, 0.2) is 64.6 Å². The van der Waals surface area contributed by atoms with E-state index in [-0.39, 0.29) is 79.0 Å². The predicted molar refractivity (Wildman–Crippen MR) is 296 cm³/mol. The van der Waals surface area contributed by atoms with Crippen molar-refractivity contribution < 1.29 is 82.1 Å². The lowest BCUT2D eigenvalue weighted by atomic mass is 9.78. The number of carboxylic acids is 1. The van der Waals surface area contributed by atoms with Crippen molar-refractivity contribution in [2.24, 2.45) is 23.7 Å². The minimum atomic E-state index is -2.20. The topological polar surface area (TPSA) is 290 Å². The number of phenolic OH excluding ortho intramolecular Hbond substituents is 1. The van der Waals surface area contributed by atoms with Crippen LogP contribution in [-0.4, -0.2) is 159 Å². The molecule has 2 aromatic heterocycles. The lowest BCUT2D eigenvalue weighted by Gasteiger charge is -2.38. The third-order valence-corrected chi connectivity index (χ3v) is 17.2. The number of ether oxygens (including phenoxy) is 5. The minimum Gasteiger partial charge on any atom is -0.507 e. The van der Waals surface area contributed by atoms with Gasteiger partial charge >= 0.3 is 23.8 Å². The Morgan fingerprint density at radius 1 is 0.831 bits per heavy atom. The van der Waals surface area contributed by atoms with Gasteiger partial charge in [-0.1, -0.05) is 45.9 Å². The van der Waals surface area contributed by atoms with E-state index in [9.17, 15) is 54.0 Å². The van der Waals surface area contributed by atoms with Gasteiger partial charge in [0.2, 0.25) is 11.6 Å². The Balaban J connectivity index is 1.00. The lowest BCUT2D eigenvalue weighted by molar-refractivity contribution is -0.160. The number of Topliss-reactive ketones (excluding diaryl/α,β-unsaturated/α-hetero) is 3. The molecule has 1 aromatic carbocycles. The molecule has 2 saturated heterocycles. The fourth-order valence-electron chi connectivity index (χ4n) is 12.2. The Morgan fingerprint density at radius 2 is 1.52 bits per heavy atom. The molecule has 0 spiro atoms. The number of phenols is 1. The monoisotopic (exact) mass is 1150 g/mol. The highest BCUT2D eigenvalue weighted by Gasteiger charge is 2.53. The first kappa shape index (κ1) is 59.7. The number of hydrogen-bond donors (Lipinski definition) is 5. The number of nitrogens with zero attached hydrogens (tertiary/aromatic N) is 4. The van der Waals surface area contributed by atoms with E-state index in [2.05, 4.69) is 5.32 Å². The molecule has 83 heavy (non-hydrogen) atoms. The average Bonchev–Trinajstić information content (AvgIpc) is 2.31. The first-order valence-electron chi connectivity index (χ1n) is 27.8. The number of methoxy groups -OCH3 is 1. The fourth-order valence-corrected chi connectivity index (χ4v) is 12.2. The van der Waals surface area contributed by atoms with E-state index in [1.54, 1.807) is 45.6 Å². The summed E-state index contributed by atoms with van der Waals surface area (Å²) in [7, 11) is 1.40. The molecule has 1 saturated carbocycles. The molecule has 10 rings (SSSR count). The molecule has 3 fully saturated rings. The Morgan fingerprint density at radius 3 is 2.16 bits per heavy atom. The molecule has 2 amide bonds. The van der Waals surface area contributed by atoms with Gasteiger partial charge in [0.25, 0.3) is 17.2 Å². The van der Waals surface area contributed by atoms with Crippen molar-refractivity contribution >= 4 is 52.5 Å². The van der Waals surface area contributed by atoms with Crippen molar-refractivity contribution in [1.82, 2.24) is 19.5 Å². The molecule has 5 N–H and O–H groups in total. The Labute approximate surface area is 477 Å². The van der Waals surface area contributed by atoms with Crippen LogP contribution in [0, 0.1) is 43.3 Å². The number of amides is 2. The van der Waals surface area contributed by atoms with E-state index in [1.807, 2.05) is 0 Å². The Hall–Kier alpha value is -7.89. The van der Waals surface area contributed by atoms with Gasteiger partial charge in [0.1, 0.15) is 40.7 Å². The summed E-state index contributed by atoms with van der Waals surface area (Å²) in [6, 6.07) is 1.38. The van der Waals surface area contributed by atoms with Crippen molar-refractivity contribution in [3.63, 3.8) is 0 Å². The van der Waals surface area contributed by atoms with Crippen LogP contribution in [0.5, 0.6) is 11.5 Å². The van der Waals surface area contributed by atoms with E-state index < -0.39 is 141 Å².